The van der Waals surface area contributed by atoms with E-state index in [4.69, 9.17) is 4.74 Å². The van der Waals surface area contributed by atoms with Crippen molar-refractivity contribution in [1.82, 2.24) is 9.55 Å². The number of hydrogen-bond acceptors (Lipinski definition) is 5. The van der Waals surface area contributed by atoms with Crippen LogP contribution >= 0.6 is 11.3 Å². The number of carbonyl (C=O) groups excluding carboxylic acids is 1. The number of rotatable bonds is 6. The Morgan fingerprint density at radius 3 is 2.70 bits per heavy atom. The van der Waals surface area contributed by atoms with Gasteiger partial charge in [0.1, 0.15) is 28.1 Å². The lowest BCUT2D eigenvalue weighted by molar-refractivity contribution is 0.102. The van der Waals surface area contributed by atoms with E-state index in [1.807, 2.05) is 6.92 Å². The molecular formula is C19H18FN3O3S. The molecule has 0 unspecified atom stereocenters. The van der Waals surface area contributed by atoms with E-state index >= 15 is 0 Å². The summed E-state index contributed by atoms with van der Waals surface area (Å²) in [5, 5.41) is 3.42. The van der Waals surface area contributed by atoms with Crippen LogP contribution in [0, 0.1) is 12.7 Å². The maximum absolute atomic E-state index is 12.9. The van der Waals surface area contributed by atoms with Gasteiger partial charge in [0.05, 0.1) is 11.4 Å². The molecule has 1 N–H and O–H groups in total. The van der Waals surface area contributed by atoms with Crippen LogP contribution in [0.3, 0.4) is 0 Å². The zero-order chi connectivity index (χ0) is 19.4. The highest BCUT2D eigenvalue weighted by Gasteiger charge is 2.16. The fourth-order valence-electron chi connectivity index (χ4n) is 2.44. The number of aryl methyl sites for hydroxylation is 2. The van der Waals surface area contributed by atoms with Crippen LogP contribution in [0.2, 0.25) is 0 Å². The van der Waals surface area contributed by atoms with E-state index < -0.39 is 0 Å². The molecule has 0 fully saturated rings. The third kappa shape index (κ3) is 4.59. The zero-order valence-electron chi connectivity index (χ0n) is 14.9. The van der Waals surface area contributed by atoms with Crippen molar-refractivity contribution in [3.05, 3.63) is 74.3 Å². The normalized spacial score (nSPS) is 10.6. The van der Waals surface area contributed by atoms with Gasteiger partial charge < -0.3 is 14.6 Å². The van der Waals surface area contributed by atoms with Gasteiger partial charge in [-0.3, -0.25) is 9.59 Å². The summed E-state index contributed by atoms with van der Waals surface area (Å²) in [6.45, 7) is 4.31. The van der Waals surface area contributed by atoms with Crippen LogP contribution in [0.5, 0.6) is 5.75 Å². The SMILES string of the molecule is CCn1cc(NC(=O)c2sc(COc3ccc(F)cc3)nc2C)ccc1=O. The fourth-order valence-corrected chi connectivity index (χ4v) is 3.31. The molecule has 3 rings (SSSR count). The number of thiazole rings is 1. The molecule has 0 saturated carbocycles. The number of benzene rings is 1. The van der Waals surface area contributed by atoms with Crippen LogP contribution in [0.4, 0.5) is 10.1 Å². The Kier molecular flexibility index (Phi) is 5.66. The number of aromatic nitrogens is 2. The molecule has 27 heavy (non-hydrogen) atoms. The molecule has 0 saturated heterocycles. The van der Waals surface area contributed by atoms with Gasteiger partial charge in [-0.1, -0.05) is 0 Å². The molecule has 1 aromatic carbocycles. The zero-order valence-corrected chi connectivity index (χ0v) is 15.7. The van der Waals surface area contributed by atoms with Gasteiger partial charge in [-0.25, -0.2) is 9.37 Å². The second kappa shape index (κ2) is 8.13. The van der Waals surface area contributed by atoms with Gasteiger partial charge in [-0.15, -0.1) is 11.3 Å². The van der Waals surface area contributed by atoms with Gasteiger partial charge in [-0.05, 0) is 44.2 Å². The van der Waals surface area contributed by atoms with Crippen molar-refractivity contribution >= 4 is 22.9 Å². The van der Waals surface area contributed by atoms with Gasteiger partial charge in [0.15, 0.2) is 0 Å². The fraction of sp³-hybridized carbons (Fsp3) is 0.211. The van der Waals surface area contributed by atoms with E-state index in [1.54, 1.807) is 19.2 Å². The number of hydrogen-bond donors (Lipinski definition) is 1. The standard InChI is InChI=1S/C19H18FN3O3S/c1-3-23-10-14(6-9-17(23)24)22-19(25)18-12(2)21-16(27-18)11-26-15-7-4-13(20)5-8-15/h4-10H,3,11H2,1-2H3,(H,22,25). The number of ether oxygens (including phenoxy) is 1. The molecule has 0 aliphatic heterocycles. The number of halogens is 1. The smallest absolute Gasteiger partial charge is 0.267 e. The van der Waals surface area contributed by atoms with Gasteiger partial charge >= 0.3 is 0 Å². The first-order chi connectivity index (χ1) is 13.0. The summed E-state index contributed by atoms with van der Waals surface area (Å²) in [5.41, 5.74) is 1.02. The molecule has 8 heteroatoms. The molecule has 6 nitrogen and oxygen atoms in total. The van der Waals surface area contributed by atoms with Gasteiger partial charge in [0.2, 0.25) is 0 Å². The van der Waals surface area contributed by atoms with Gasteiger partial charge in [-0.2, -0.15) is 0 Å². The summed E-state index contributed by atoms with van der Waals surface area (Å²) in [6.07, 6.45) is 1.61. The summed E-state index contributed by atoms with van der Waals surface area (Å²) >= 11 is 1.23. The van der Waals surface area contributed by atoms with Crippen LogP contribution in [0.25, 0.3) is 0 Å². The molecule has 140 valence electrons. The third-order valence-corrected chi connectivity index (χ3v) is 4.93. The highest BCUT2D eigenvalue weighted by molar-refractivity contribution is 7.13. The highest BCUT2D eigenvalue weighted by Crippen LogP contribution is 2.21. The lowest BCUT2D eigenvalue weighted by Gasteiger charge is -2.07. The Balaban J connectivity index is 1.69. The Bertz CT molecular complexity index is 1010. The molecule has 0 aliphatic rings. The summed E-state index contributed by atoms with van der Waals surface area (Å²) in [6, 6.07) is 8.69. The number of anilines is 1. The van der Waals surface area contributed by atoms with E-state index in [2.05, 4.69) is 10.3 Å². The Morgan fingerprint density at radius 1 is 1.26 bits per heavy atom. The number of pyridine rings is 1. The monoisotopic (exact) mass is 387 g/mol. The molecule has 2 aromatic heterocycles. The van der Waals surface area contributed by atoms with Crippen molar-refractivity contribution in [2.45, 2.75) is 27.0 Å². The lowest BCUT2D eigenvalue weighted by atomic mass is 10.3. The molecule has 3 aromatic rings. The molecule has 0 radical (unpaired) electrons. The summed E-state index contributed by atoms with van der Waals surface area (Å²) in [5.74, 6) is -0.0998. The van der Waals surface area contributed by atoms with Crippen molar-refractivity contribution in [1.29, 1.82) is 0 Å². The predicted octanol–water partition coefficient (Wildman–Crippen LogP) is 3.60. The first kappa shape index (κ1) is 18.8. The largest absolute Gasteiger partial charge is 0.486 e. The molecule has 0 spiro atoms. The van der Waals surface area contributed by atoms with Crippen LogP contribution in [-0.2, 0) is 13.2 Å². The van der Waals surface area contributed by atoms with Crippen molar-refractivity contribution in [2.24, 2.45) is 0 Å². The van der Waals surface area contributed by atoms with Crippen molar-refractivity contribution in [3.63, 3.8) is 0 Å². The van der Waals surface area contributed by atoms with Crippen molar-refractivity contribution < 1.29 is 13.9 Å². The summed E-state index contributed by atoms with van der Waals surface area (Å²) in [7, 11) is 0. The minimum absolute atomic E-state index is 0.121. The van der Waals surface area contributed by atoms with E-state index in [9.17, 15) is 14.0 Å². The number of nitrogens with zero attached hydrogens (tertiary/aromatic N) is 2. The average Bonchev–Trinajstić information content (AvgIpc) is 3.03. The highest BCUT2D eigenvalue weighted by atomic mass is 32.1. The Labute approximate surface area is 159 Å². The molecule has 2 heterocycles. The summed E-state index contributed by atoms with van der Waals surface area (Å²) in [4.78, 5) is 29.0. The maximum atomic E-state index is 12.9. The Morgan fingerprint density at radius 2 is 2.00 bits per heavy atom. The lowest BCUT2D eigenvalue weighted by Crippen LogP contribution is -2.19. The predicted molar refractivity (Wildman–Crippen MR) is 102 cm³/mol. The van der Waals surface area contributed by atoms with E-state index in [-0.39, 0.29) is 23.9 Å². The summed E-state index contributed by atoms with van der Waals surface area (Å²) < 4.78 is 20.0. The minimum Gasteiger partial charge on any atom is -0.486 e. The quantitative estimate of drug-likeness (QED) is 0.701. The number of carbonyl (C=O) groups is 1. The minimum atomic E-state index is -0.333. The maximum Gasteiger partial charge on any atom is 0.267 e. The first-order valence-corrected chi connectivity index (χ1v) is 9.14. The van der Waals surface area contributed by atoms with Crippen LogP contribution in [0.15, 0.2) is 47.4 Å². The Hall–Kier alpha value is -3.00. The van der Waals surface area contributed by atoms with Crippen LogP contribution < -0.4 is 15.6 Å². The van der Waals surface area contributed by atoms with Crippen LogP contribution in [-0.4, -0.2) is 15.5 Å². The van der Waals surface area contributed by atoms with Crippen LogP contribution in [0.1, 0.15) is 27.3 Å². The topological polar surface area (TPSA) is 73.2 Å². The van der Waals surface area contributed by atoms with Gasteiger partial charge in [0.25, 0.3) is 11.5 Å². The second-order valence-electron chi connectivity index (χ2n) is 5.76. The molecule has 0 aliphatic carbocycles. The van der Waals surface area contributed by atoms with E-state index in [0.717, 1.165) is 0 Å². The van der Waals surface area contributed by atoms with E-state index in [1.165, 1.54) is 46.2 Å². The first-order valence-electron chi connectivity index (χ1n) is 8.32. The number of nitrogens with one attached hydrogen (secondary N) is 1. The second-order valence-corrected chi connectivity index (χ2v) is 6.84. The molecule has 1 amide bonds. The molecule has 0 atom stereocenters. The third-order valence-electron chi connectivity index (χ3n) is 3.81. The van der Waals surface area contributed by atoms with Gasteiger partial charge in [0, 0.05) is 18.8 Å². The van der Waals surface area contributed by atoms with Crippen molar-refractivity contribution in [3.8, 4) is 5.75 Å². The number of amides is 1. The van der Waals surface area contributed by atoms with E-state index in [0.29, 0.717) is 33.6 Å². The average molecular weight is 387 g/mol. The molecule has 0 bridgehead atoms. The van der Waals surface area contributed by atoms with Crippen molar-refractivity contribution in [2.75, 3.05) is 5.32 Å². The molecular weight excluding hydrogens is 369 g/mol.